The third-order valence-corrected chi connectivity index (χ3v) is 6.93. The van der Waals surface area contributed by atoms with E-state index in [0.717, 1.165) is 5.56 Å². The van der Waals surface area contributed by atoms with E-state index in [1.165, 1.54) is 48.6 Å². The van der Waals surface area contributed by atoms with Crippen molar-refractivity contribution in [1.82, 2.24) is 19.5 Å². The number of allylic oxidation sites excluding steroid dienone is 2. The zero-order valence-corrected chi connectivity index (χ0v) is 21.9. The van der Waals surface area contributed by atoms with E-state index in [2.05, 4.69) is 9.71 Å². The van der Waals surface area contributed by atoms with Gasteiger partial charge in [0.15, 0.2) is 0 Å². The molecule has 1 fully saturated rings. The highest BCUT2D eigenvalue weighted by atomic mass is 32.2. The highest BCUT2D eigenvalue weighted by Gasteiger charge is 2.23. The van der Waals surface area contributed by atoms with Crippen LogP contribution in [0.25, 0.3) is 11.1 Å². The predicted molar refractivity (Wildman–Crippen MR) is 149 cm³/mol. The summed E-state index contributed by atoms with van der Waals surface area (Å²) in [6.07, 6.45) is 5.73. The number of hydrogen-bond donors (Lipinski definition) is 4. The summed E-state index contributed by atoms with van der Waals surface area (Å²) in [5.74, 6) is -0.306. The van der Waals surface area contributed by atoms with Crippen LogP contribution in [0.15, 0.2) is 90.7 Å². The monoisotopic (exact) mass is 548 g/mol. The van der Waals surface area contributed by atoms with Crippen LogP contribution < -0.4 is 16.2 Å². The molecule has 1 aliphatic heterocycles. The Morgan fingerprint density at radius 2 is 1.72 bits per heavy atom. The van der Waals surface area contributed by atoms with Crippen molar-refractivity contribution in [2.45, 2.75) is 5.75 Å². The molecule has 2 heterocycles. The molecule has 3 aromatic rings. The van der Waals surface area contributed by atoms with Gasteiger partial charge < -0.3 is 26.4 Å². The summed E-state index contributed by atoms with van der Waals surface area (Å²) in [6, 6.07) is 15.4. The lowest BCUT2D eigenvalue weighted by molar-refractivity contribution is -0.115. The zero-order chi connectivity index (χ0) is 27.8. The van der Waals surface area contributed by atoms with Crippen molar-refractivity contribution in [2.24, 2.45) is 11.5 Å². The van der Waals surface area contributed by atoms with Gasteiger partial charge in [-0.1, -0.05) is 36.4 Å². The van der Waals surface area contributed by atoms with Crippen LogP contribution in [0.1, 0.15) is 15.9 Å². The fraction of sp³-hybridized carbons (Fsp3) is 0.179. The molecular weight excluding hydrogens is 519 g/mol. The van der Waals surface area contributed by atoms with Gasteiger partial charge in [-0.05, 0) is 47.9 Å². The Labute approximate surface area is 230 Å². The lowest BCUT2D eigenvalue weighted by Crippen LogP contribution is -2.49. The molecule has 0 aliphatic carbocycles. The van der Waals surface area contributed by atoms with Gasteiger partial charge in [0.2, 0.25) is 0 Å². The summed E-state index contributed by atoms with van der Waals surface area (Å²) in [4.78, 5) is 32.6. The number of nitrogens with zero attached hydrogens (tertiary/aromatic N) is 3. The molecule has 0 saturated carbocycles. The number of halogens is 1. The second-order valence-electron chi connectivity index (χ2n) is 8.82. The van der Waals surface area contributed by atoms with Crippen LogP contribution in [0, 0.1) is 5.82 Å². The van der Waals surface area contributed by atoms with Gasteiger partial charge in [0, 0.05) is 54.8 Å². The third-order valence-electron chi connectivity index (χ3n) is 6.13. The number of nitrogens with one attached hydrogen (secondary N) is 1. The first-order valence-corrected chi connectivity index (χ1v) is 13.2. The third kappa shape index (κ3) is 7.29. The smallest absolute Gasteiger partial charge is 0.276 e. The molecule has 0 bridgehead atoms. The van der Waals surface area contributed by atoms with Gasteiger partial charge in [-0.25, -0.2) is 4.39 Å². The molecule has 9 nitrogen and oxygen atoms in total. The molecule has 0 spiro atoms. The molecule has 2 amide bonds. The van der Waals surface area contributed by atoms with Crippen LogP contribution >= 0.6 is 11.9 Å². The van der Waals surface area contributed by atoms with Crippen LogP contribution in [0.2, 0.25) is 0 Å². The molecular formula is C28H29FN6O3S. The Morgan fingerprint density at radius 1 is 1.00 bits per heavy atom. The Bertz CT molecular complexity index is 1390. The number of hydrogen-bond acceptors (Lipinski definition) is 8. The number of amides is 2. The van der Waals surface area contributed by atoms with Gasteiger partial charge in [0.05, 0.1) is 17.7 Å². The van der Waals surface area contributed by atoms with E-state index in [4.69, 9.17) is 11.5 Å². The molecule has 39 heavy (non-hydrogen) atoms. The molecule has 6 N–H and O–H groups in total. The summed E-state index contributed by atoms with van der Waals surface area (Å²) < 4.78 is 17.5. The first kappa shape index (κ1) is 27.5. The number of carbonyl (C=O) groups excluding carboxylic acids is 2. The van der Waals surface area contributed by atoms with E-state index >= 15 is 0 Å². The average Bonchev–Trinajstić information content (AvgIpc) is 2.95. The van der Waals surface area contributed by atoms with Crippen LogP contribution in [-0.2, 0) is 10.5 Å². The maximum Gasteiger partial charge on any atom is 0.276 e. The summed E-state index contributed by atoms with van der Waals surface area (Å²) in [7, 11) is 0. The lowest BCUT2D eigenvalue weighted by Gasteiger charge is -2.36. The topological polar surface area (TPSA) is 138 Å². The first-order valence-electron chi connectivity index (χ1n) is 12.2. The fourth-order valence-corrected chi connectivity index (χ4v) is 4.66. The molecule has 1 aliphatic rings. The van der Waals surface area contributed by atoms with E-state index in [-0.39, 0.29) is 28.5 Å². The van der Waals surface area contributed by atoms with E-state index in [0.29, 0.717) is 43.3 Å². The number of carbonyl (C=O) groups is 2. The summed E-state index contributed by atoms with van der Waals surface area (Å²) in [5.41, 5.74) is 14.1. The standard InChI is InChI=1S/C28H29FN6O3S/c29-24-15-20(6-7-23(24)21-14-22(36)17-32-16-21)28(38)35-12-10-34(11-13-35)26(31)9-8-25(30)27(37)33-39-18-19-4-2-1-3-5-19/h1-9,14-17,36H,10-13,18,30-31H2,(H,33,37)/b25-8-,26-9+. The summed E-state index contributed by atoms with van der Waals surface area (Å²) in [6.45, 7) is 1.72. The molecule has 1 saturated heterocycles. The molecule has 202 valence electrons. The second-order valence-corrected chi connectivity index (χ2v) is 9.61. The van der Waals surface area contributed by atoms with E-state index in [1.54, 1.807) is 17.0 Å². The minimum Gasteiger partial charge on any atom is -0.506 e. The van der Waals surface area contributed by atoms with Crippen molar-refractivity contribution in [2.75, 3.05) is 26.2 Å². The average molecular weight is 549 g/mol. The van der Waals surface area contributed by atoms with Crippen molar-refractivity contribution in [3.8, 4) is 16.9 Å². The quantitative estimate of drug-likeness (QED) is 0.192. The predicted octanol–water partition coefficient (Wildman–Crippen LogP) is 2.96. The van der Waals surface area contributed by atoms with Crippen LogP contribution in [0.3, 0.4) is 0 Å². The van der Waals surface area contributed by atoms with Gasteiger partial charge in [-0.15, -0.1) is 0 Å². The number of rotatable bonds is 8. The van der Waals surface area contributed by atoms with E-state index < -0.39 is 11.7 Å². The SMILES string of the molecule is N/C(=C\C=C(/N)N1CCN(C(=O)c2ccc(-c3cncc(O)c3)c(F)c2)CC1)C(=O)NSCc1ccccc1. The van der Waals surface area contributed by atoms with Gasteiger partial charge in [0.1, 0.15) is 11.6 Å². The largest absolute Gasteiger partial charge is 0.506 e. The number of aromatic nitrogens is 1. The summed E-state index contributed by atoms with van der Waals surface area (Å²) in [5, 5.41) is 9.60. The highest BCUT2D eigenvalue weighted by Crippen LogP contribution is 2.26. The fourth-order valence-electron chi connectivity index (χ4n) is 3.98. The highest BCUT2D eigenvalue weighted by molar-refractivity contribution is 7.97. The van der Waals surface area contributed by atoms with Crippen molar-refractivity contribution < 1.29 is 19.1 Å². The van der Waals surface area contributed by atoms with Crippen LogP contribution in [0.5, 0.6) is 5.75 Å². The molecule has 4 rings (SSSR count). The number of pyridine rings is 1. The molecule has 2 aromatic carbocycles. The van der Waals surface area contributed by atoms with Gasteiger partial charge in [-0.2, -0.15) is 0 Å². The Hall–Kier alpha value is -4.51. The van der Waals surface area contributed by atoms with Crippen molar-refractivity contribution in [1.29, 1.82) is 0 Å². The Balaban J connectivity index is 1.28. The van der Waals surface area contributed by atoms with Crippen molar-refractivity contribution >= 4 is 23.8 Å². The normalized spacial score (nSPS) is 14.3. The molecule has 1 aromatic heterocycles. The minimum atomic E-state index is -0.578. The van der Waals surface area contributed by atoms with Crippen LogP contribution in [0.4, 0.5) is 4.39 Å². The first-order chi connectivity index (χ1) is 18.8. The number of aromatic hydroxyl groups is 1. The number of piperazine rings is 1. The molecule has 0 radical (unpaired) electrons. The summed E-state index contributed by atoms with van der Waals surface area (Å²) >= 11 is 1.25. The Kier molecular flexibility index (Phi) is 9.06. The zero-order valence-electron chi connectivity index (χ0n) is 21.1. The van der Waals surface area contributed by atoms with Crippen LogP contribution in [-0.4, -0.2) is 57.9 Å². The maximum absolute atomic E-state index is 14.8. The maximum atomic E-state index is 14.8. The van der Waals surface area contributed by atoms with Gasteiger partial charge >= 0.3 is 0 Å². The number of benzene rings is 2. The van der Waals surface area contributed by atoms with E-state index in [9.17, 15) is 19.1 Å². The van der Waals surface area contributed by atoms with E-state index in [1.807, 2.05) is 35.2 Å². The second kappa shape index (κ2) is 12.8. The molecule has 0 unspecified atom stereocenters. The Morgan fingerprint density at radius 3 is 2.41 bits per heavy atom. The number of nitrogens with two attached hydrogens (primary N) is 2. The lowest BCUT2D eigenvalue weighted by atomic mass is 10.0. The van der Waals surface area contributed by atoms with Crippen molar-refractivity contribution in [3.05, 3.63) is 108 Å². The molecule has 11 heteroatoms. The van der Waals surface area contributed by atoms with Crippen molar-refractivity contribution in [3.63, 3.8) is 0 Å². The minimum absolute atomic E-state index is 0.0271. The molecule has 0 atom stereocenters. The van der Waals surface area contributed by atoms with Gasteiger partial charge in [-0.3, -0.25) is 19.3 Å². The van der Waals surface area contributed by atoms with Gasteiger partial charge in [0.25, 0.3) is 11.8 Å².